The Kier molecular flexibility index (Phi) is 5.55. The summed E-state index contributed by atoms with van der Waals surface area (Å²) in [6, 6.07) is -0.201. The first-order chi connectivity index (χ1) is 9.24. The maximum atomic E-state index is 12.5. The van der Waals surface area contributed by atoms with E-state index in [1.165, 1.54) is 6.42 Å². The minimum absolute atomic E-state index is 0.155. The molecule has 2 fully saturated rings. The SMILES string of the molecule is CCCCC(=O)N1CSCC1C(=O)N1CCCCC1. The van der Waals surface area contributed by atoms with Gasteiger partial charge in [0.1, 0.15) is 6.04 Å². The van der Waals surface area contributed by atoms with Crippen LogP contribution in [0.3, 0.4) is 0 Å². The van der Waals surface area contributed by atoms with Crippen LogP contribution in [0.15, 0.2) is 0 Å². The number of hydrogen-bond donors (Lipinski definition) is 0. The molecule has 0 saturated carbocycles. The van der Waals surface area contributed by atoms with Gasteiger partial charge in [-0.1, -0.05) is 13.3 Å². The lowest BCUT2D eigenvalue weighted by Crippen LogP contribution is -2.50. The minimum Gasteiger partial charge on any atom is -0.341 e. The van der Waals surface area contributed by atoms with Crippen molar-refractivity contribution < 1.29 is 9.59 Å². The van der Waals surface area contributed by atoms with Gasteiger partial charge in [0.05, 0.1) is 5.88 Å². The molecule has 5 heteroatoms. The fraction of sp³-hybridized carbons (Fsp3) is 0.857. The predicted octanol–water partition coefficient (Wildman–Crippen LogP) is 2.09. The van der Waals surface area contributed by atoms with Crippen LogP contribution in [-0.2, 0) is 9.59 Å². The Balaban J connectivity index is 1.93. The van der Waals surface area contributed by atoms with Gasteiger partial charge in [0.15, 0.2) is 0 Å². The van der Waals surface area contributed by atoms with Crippen molar-refractivity contribution in [1.29, 1.82) is 0 Å². The third-order valence-corrected chi connectivity index (χ3v) is 4.91. The predicted molar refractivity (Wildman–Crippen MR) is 77.9 cm³/mol. The Labute approximate surface area is 119 Å². The summed E-state index contributed by atoms with van der Waals surface area (Å²) in [5.74, 6) is 1.79. The molecule has 0 radical (unpaired) electrons. The lowest BCUT2D eigenvalue weighted by atomic mass is 10.1. The first kappa shape index (κ1) is 14.7. The Hall–Kier alpha value is -0.710. The van der Waals surface area contributed by atoms with Gasteiger partial charge in [0.25, 0.3) is 0 Å². The van der Waals surface area contributed by atoms with Gasteiger partial charge >= 0.3 is 0 Å². The van der Waals surface area contributed by atoms with Gasteiger partial charge in [-0.15, -0.1) is 11.8 Å². The normalized spacial score (nSPS) is 23.7. The molecule has 1 atom stereocenters. The third kappa shape index (κ3) is 3.65. The van der Waals surface area contributed by atoms with Crippen molar-refractivity contribution in [3.8, 4) is 0 Å². The van der Waals surface area contributed by atoms with Gasteiger partial charge < -0.3 is 9.80 Å². The molecule has 0 aromatic carbocycles. The molecule has 0 spiro atoms. The fourth-order valence-electron chi connectivity index (χ4n) is 2.69. The van der Waals surface area contributed by atoms with Crippen LogP contribution in [0.5, 0.6) is 0 Å². The van der Waals surface area contributed by atoms with Crippen LogP contribution in [0.1, 0.15) is 45.4 Å². The third-order valence-electron chi connectivity index (χ3n) is 3.90. The molecule has 108 valence electrons. The summed E-state index contributed by atoms with van der Waals surface area (Å²) < 4.78 is 0. The Morgan fingerprint density at radius 1 is 1.21 bits per heavy atom. The summed E-state index contributed by atoms with van der Waals surface area (Å²) in [5.41, 5.74) is 0. The van der Waals surface area contributed by atoms with Gasteiger partial charge in [-0.25, -0.2) is 0 Å². The molecule has 2 aliphatic heterocycles. The molecule has 4 nitrogen and oxygen atoms in total. The molecular weight excluding hydrogens is 260 g/mol. The van der Waals surface area contributed by atoms with Crippen molar-refractivity contribution in [3.05, 3.63) is 0 Å². The highest BCUT2D eigenvalue weighted by Gasteiger charge is 2.36. The average Bonchev–Trinajstić information content (AvgIpc) is 2.94. The molecule has 0 bridgehead atoms. The summed E-state index contributed by atoms with van der Waals surface area (Å²) >= 11 is 1.70. The maximum Gasteiger partial charge on any atom is 0.246 e. The van der Waals surface area contributed by atoms with E-state index < -0.39 is 0 Å². The molecule has 2 rings (SSSR count). The fourth-order valence-corrected chi connectivity index (χ4v) is 3.86. The van der Waals surface area contributed by atoms with Crippen molar-refractivity contribution in [1.82, 2.24) is 9.80 Å². The van der Waals surface area contributed by atoms with Crippen molar-refractivity contribution in [2.45, 2.75) is 51.5 Å². The topological polar surface area (TPSA) is 40.6 Å². The zero-order valence-corrected chi connectivity index (χ0v) is 12.6. The first-order valence-corrected chi connectivity index (χ1v) is 8.55. The average molecular weight is 284 g/mol. The van der Waals surface area contributed by atoms with Gasteiger partial charge in [0, 0.05) is 25.3 Å². The number of carbonyl (C=O) groups is 2. The lowest BCUT2D eigenvalue weighted by Gasteiger charge is -2.32. The van der Waals surface area contributed by atoms with Gasteiger partial charge in [-0.2, -0.15) is 0 Å². The number of hydrogen-bond acceptors (Lipinski definition) is 3. The van der Waals surface area contributed by atoms with E-state index in [0.717, 1.165) is 44.5 Å². The van der Waals surface area contributed by atoms with Crippen LogP contribution in [0, 0.1) is 0 Å². The van der Waals surface area contributed by atoms with E-state index in [1.807, 2.05) is 4.90 Å². The molecule has 2 aliphatic rings. The number of likely N-dealkylation sites (tertiary alicyclic amines) is 1. The molecule has 2 heterocycles. The second kappa shape index (κ2) is 7.17. The molecule has 1 unspecified atom stereocenters. The van der Waals surface area contributed by atoms with E-state index in [9.17, 15) is 9.59 Å². The van der Waals surface area contributed by atoms with Crippen molar-refractivity contribution in [3.63, 3.8) is 0 Å². The van der Waals surface area contributed by atoms with Crippen LogP contribution in [0.4, 0.5) is 0 Å². The number of amides is 2. The zero-order chi connectivity index (χ0) is 13.7. The highest BCUT2D eigenvalue weighted by molar-refractivity contribution is 7.99. The Bertz CT molecular complexity index is 329. The number of unbranched alkanes of at least 4 members (excludes halogenated alkanes) is 1. The van der Waals surface area contributed by atoms with Gasteiger partial charge in [-0.3, -0.25) is 9.59 Å². The van der Waals surface area contributed by atoms with E-state index in [1.54, 1.807) is 16.7 Å². The largest absolute Gasteiger partial charge is 0.341 e. The molecule has 2 saturated heterocycles. The Morgan fingerprint density at radius 3 is 2.63 bits per heavy atom. The van der Waals surface area contributed by atoms with Crippen molar-refractivity contribution in [2.75, 3.05) is 24.7 Å². The second-order valence-corrected chi connectivity index (χ2v) is 6.37. The summed E-state index contributed by atoms with van der Waals surface area (Å²) in [6.45, 7) is 3.83. The Morgan fingerprint density at radius 2 is 1.95 bits per heavy atom. The number of thioether (sulfide) groups is 1. The highest BCUT2D eigenvalue weighted by atomic mass is 32.2. The van der Waals surface area contributed by atoms with Gasteiger partial charge in [0.2, 0.25) is 11.8 Å². The maximum absolute atomic E-state index is 12.5. The van der Waals surface area contributed by atoms with E-state index in [2.05, 4.69) is 6.92 Å². The summed E-state index contributed by atoms with van der Waals surface area (Å²) in [4.78, 5) is 28.4. The lowest BCUT2D eigenvalue weighted by molar-refractivity contribution is -0.144. The molecule has 19 heavy (non-hydrogen) atoms. The molecule has 0 aromatic heterocycles. The molecule has 0 aromatic rings. The molecule has 0 aliphatic carbocycles. The van der Waals surface area contributed by atoms with E-state index in [4.69, 9.17) is 0 Å². The quantitative estimate of drug-likeness (QED) is 0.793. The highest BCUT2D eigenvalue weighted by Crippen LogP contribution is 2.24. The van der Waals surface area contributed by atoms with Crippen LogP contribution in [-0.4, -0.2) is 52.4 Å². The number of piperidine rings is 1. The number of nitrogens with zero attached hydrogens (tertiary/aromatic N) is 2. The summed E-state index contributed by atoms with van der Waals surface area (Å²) in [7, 11) is 0. The smallest absolute Gasteiger partial charge is 0.246 e. The summed E-state index contributed by atoms with van der Waals surface area (Å²) in [5, 5.41) is 0. The summed E-state index contributed by atoms with van der Waals surface area (Å²) in [6.07, 6.45) is 5.97. The molecule has 0 N–H and O–H groups in total. The van der Waals surface area contributed by atoms with Crippen molar-refractivity contribution >= 4 is 23.6 Å². The van der Waals surface area contributed by atoms with Crippen LogP contribution in [0.25, 0.3) is 0 Å². The second-order valence-electron chi connectivity index (χ2n) is 5.37. The van der Waals surface area contributed by atoms with E-state index in [0.29, 0.717) is 12.3 Å². The first-order valence-electron chi connectivity index (χ1n) is 7.40. The minimum atomic E-state index is -0.201. The van der Waals surface area contributed by atoms with Crippen molar-refractivity contribution in [2.24, 2.45) is 0 Å². The van der Waals surface area contributed by atoms with Crippen LogP contribution < -0.4 is 0 Å². The van der Waals surface area contributed by atoms with E-state index >= 15 is 0 Å². The standard InChI is InChI=1S/C14H24N2O2S/c1-2-3-7-13(17)16-11-19-10-12(16)14(18)15-8-5-4-6-9-15/h12H,2-11H2,1H3. The van der Waals surface area contributed by atoms with Crippen LogP contribution >= 0.6 is 11.8 Å². The molecule has 2 amide bonds. The van der Waals surface area contributed by atoms with Crippen LogP contribution in [0.2, 0.25) is 0 Å². The van der Waals surface area contributed by atoms with Gasteiger partial charge in [-0.05, 0) is 25.7 Å². The van der Waals surface area contributed by atoms with E-state index in [-0.39, 0.29) is 17.9 Å². The number of rotatable bonds is 4. The monoisotopic (exact) mass is 284 g/mol. The number of carbonyl (C=O) groups excluding carboxylic acids is 2. The zero-order valence-electron chi connectivity index (χ0n) is 11.8. The molecular formula is C14H24N2O2S.